The van der Waals surface area contributed by atoms with Crippen molar-refractivity contribution < 1.29 is 14.3 Å². The Bertz CT molecular complexity index is 990. The van der Waals surface area contributed by atoms with Crippen molar-refractivity contribution in [2.75, 3.05) is 6.54 Å². The van der Waals surface area contributed by atoms with Gasteiger partial charge in [0.25, 0.3) is 0 Å². The minimum Gasteiger partial charge on any atom is -0.508 e. The number of phenols is 1. The van der Waals surface area contributed by atoms with Gasteiger partial charge in [0.2, 0.25) is 5.91 Å². The molecule has 0 unspecified atom stereocenters. The Labute approximate surface area is 159 Å². The first-order chi connectivity index (χ1) is 12.6. The highest BCUT2D eigenvalue weighted by molar-refractivity contribution is 5.85. The van der Waals surface area contributed by atoms with Crippen molar-refractivity contribution in [1.29, 1.82) is 0 Å². The summed E-state index contributed by atoms with van der Waals surface area (Å²) in [6.07, 6.45) is 3.25. The molecule has 0 radical (unpaired) electrons. The van der Waals surface area contributed by atoms with E-state index in [4.69, 9.17) is 4.42 Å². The van der Waals surface area contributed by atoms with Crippen molar-refractivity contribution in [3.8, 4) is 5.75 Å². The van der Waals surface area contributed by atoms with Gasteiger partial charge >= 0.3 is 5.63 Å². The molecule has 1 aliphatic carbocycles. The van der Waals surface area contributed by atoms with Crippen molar-refractivity contribution in [3.63, 3.8) is 0 Å². The second kappa shape index (κ2) is 5.85. The highest BCUT2D eigenvalue weighted by atomic mass is 16.4. The summed E-state index contributed by atoms with van der Waals surface area (Å²) < 4.78 is 5.37. The van der Waals surface area contributed by atoms with E-state index in [-0.39, 0.29) is 34.9 Å². The summed E-state index contributed by atoms with van der Waals surface area (Å²) >= 11 is 0. The number of aromatic hydroxyl groups is 1. The van der Waals surface area contributed by atoms with Crippen LogP contribution in [-0.2, 0) is 11.2 Å². The summed E-state index contributed by atoms with van der Waals surface area (Å²) in [5.41, 5.74) is 1.44. The summed E-state index contributed by atoms with van der Waals surface area (Å²) in [7, 11) is 0. The highest BCUT2D eigenvalue weighted by Gasteiger charge is 2.50. The molecule has 5 heteroatoms. The Balaban J connectivity index is 1.64. The molecule has 1 aromatic carbocycles. The van der Waals surface area contributed by atoms with Crippen molar-refractivity contribution in [1.82, 2.24) is 4.90 Å². The van der Waals surface area contributed by atoms with Gasteiger partial charge in [-0.1, -0.05) is 20.8 Å². The molecule has 0 spiro atoms. The van der Waals surface area contributed by atoms with Gasteiger partial charge in [-0.15, -0.1) is 0 Å². The third-order valence-corrected chi connectivity index (χ3v) is 6.33. The number of amides is 1. The van der Waals surface area contributed by atoms with E-state index in [2.05, 4.69) is 20.8 Å². The molecule has 2 atom stereocenters. The second-order valence-electron chi connectivity index (χ2n) is 9.59. The molecule has 2 aromatic rings. The molecule has 1 aliphatic heterocycles. The van der Waals surface area contributed by atoms with Crippen LogP contribution >= 0.6 is 0 Å². The molecule has 1 saturated carbocycles. The summed E-state index contributed by atoms with van der Waals surface area (Å²) in [4.78, 5) is 27.6. The van der Waals surface area contributed by atoms with Crippen LogP contribution in [0.1, 0.15) is 51.2 Å². The molecular weight excluding hydrogens is 342 g/mol. The number of fused-ring (bicyclic) bond motifs is 3. The van der Waals surface area contributed by atoms with Crippen LogP contribution in [0.3, 0.4) is 0 Å². The number of nitrogens with zero attached hydrogens (tertiary/aromatic N) is 1. The first kappa shape index (κ1) is 18.1. The van der Waals surface area contributed by atoms with Crippen molar-refractivity contribution in [2.45, 2.75) is 59.4 Å². The normalized spacial score (nSPS) is 26.5. The number of carbonyl (C=O) groups is 1. The van der Waals surface area contributed by atoms with Crippen molar-refractivity contribution >= 4 is 16.9 Å². The van der Waals surface area contributed by atoms with Crippen LogP contribution < -0.4 is 5.63 Å². The zero-order valence-electron chi connectivity index (χ0n) is 16.5. The highest BCUT2D eigenvalue weighted by Crippen LogP contribution is 2.52. The Morgan fingerprint density at radius 2 is 2.04 bits per heavy atom. The second-order valence-corrected chi connectivity index (χ2v) is 9.59. The lowest BCUT2D eigenvalue weighted by molar-refractivity contribution is -0.131. The fraction of sp³-hybridized carbons (Fsp3) is 0.545. The molecule has 1 amide bonds. The van der Waals surface area contributed by atoms with Gasteiger partial charge < -0.3 is 14.4 Å². The van der Waals surface area contributed by atoms with Crippen LogP contribution in [-0.4, -0.2) is 28.5 Å². The molecule has 144 valence electrons. The Morgan fingerprint density at radius 1 is 1.30 bits per heavy atom. The molecule has 2 fully saturated rings. The van der Waals surface area contributed by atoms with Crippen LogP contribution in [0.25, 0.3) is 11.0 Å². The number of hydrogen-bond acceptors (Lipinski definition) is 4. The number of carbonyl (C=O) groups excluding carboxylic acids is 1. The molecule has 27 heavy (non-hydrogen) atoms. The Morgan fingerprint density at radius 3 is 2.78 bits per heavy atom. The molecule has 5 nitrogen and oxygen atoms in total. The fourth-order valence-electron chi connectivity index (χ4n) is 5.59. The van der Waals surface area contributed by atoms with Crippen LogP contribution in [0.2, 0.25) is 0 Å². The third kappa shape index (κ3) is 3.13. The quantitative estimate of drug-likeness (QED) is 0.818. The maximum Gasteiger partial charge on any atom is 0.340 e. The molecule has 1 saturated heterocycles. The number of likely N-dealkylation sites (tertiary alicyclic amines) is 1. The minimum absolute atomic E-state index is 0.00922. The zero-order chi connectivity index (χ0) is 19.6. The number of benzene rings is 1. The lowest BCUT2D eigenvalue weighted by Crippen LogP contribution is -2.39. The molecule has 2 aliphatic rings. The maximum atomic E-state index is 13.1. The topological polar surface area (TPSA) is 70.8 Å². The molecule has 2 heterocycles. The smallest absolute Gasteiger partial charge is 0.340 e. The van der Waals surface area contributed by atoms with Crippen molar-refractivity contribution in [3.05, 3.63) is 39.7 Å². The van der Waals surface area contributed by atoms with Gasteiger partial charge in [-0.05, 0) is 54.7 Å². The average molecular weight is 369 g/mol. The van der Waals surface area contributed by atoms with E-state index in [1.807, 2.05) is 11.8 Å². The van der Waals surface area contributed by atoms with E-state index in [0.717, 1.165) is 36.8 Å². The lowest BCUT2D eigenvalue weighted by Gasteiger charge is -2.39. The molecule has 4 rings (SSSR count). The van der Waals surface area contributed by atoms with E-state index < -0.39 is 5.63 Å². The first-order valence-electron chi connectivity index (χ1n) is 9.62. The predicted octanol–water partition coefficient (Wildman–Crippen LogP) is 3.78. The summed E-state index contributed by atoms with van der Waals surface area (Å²) in [5.74, 6) is 0.0593. The van der Waals surface area contributed by atoms with Gasteiger partial charge in [0.05, 0.1) is 12.0 Å². The number of hydrogen-bond donors (Lipinski definition) is 1. The molecule has 2 bridgehead atoms. The Kier molecular flexibility index (Phi) is 3.92. The third-order valence-electron chi connectivity index (χ3n) is 6.33. The van der Waals surface area contributed by atoms with E-state index in [9.17, 15) is 14.7 Å². The van der Waals surface area contributed by atoms with Crippen molar-refractivity contribution in [2.24, 2.45) is 10.8 Å². The lowest BCUT2D eigenvalue weighted by atomic mass is 9.65. The zero-order valence-corrected chi connectivity index (χ0v) is 16.5. The maximum absolute atomic E-state index is 13.1. The van der Waals surface area contributed by atoms with Gasteiger partial charge in [0.15, 0.2) is 0 Å². The molecule has 1 N–H and O–H groups in total. The molecule has 1 aromatic heterocycles. The number of rotatable bonds is 2. The van der Waals surface area contributed by atoms with Gasteiger partial charge in [-0.3, -0.25) is 4.79 Å². The number of aryl methyl sites for hydroxylation is 1. The van der Waals surface area contributed by atoms with Gasteiger partial charge in [0.1, 0.15) is 11.3 Å². The SMILES string of the molecule is Cc1c(CC(=O)N2C[C@@]3(C)C[C@H]2CC(C)(C)C3)c(=O)oc2cc(O)ccc12. The standard InChI is InChI=1S/C22H27NO4/c1-13-16-6-5-15(24)7-18(16)27-20(26)17(13)8-19(25)23-12-22(4)10-14(23)9-21(2,3)11-22/h5-7,14,24H,8-12H2,1-4H3/t14-,22+/m1/s1. The van der Waals surface area contributed by atoms with Crippen LogP contribution in [0, 0.1) is 17.8 Å². The van der Waals surface area contributed by atoms with Crippen LogP contribution in [0.5, 0.6) is 5.75 Å². The summed E-state index contributed by atoms with van der Waals surface area (Å²) in [6, 6.07) is 4.98. The monoisotopic (exact) mass is 369 g/mol. The van der Waals surface area contributed by atoms with Crippen LogP contribution in [0.4, 0.5) is 0 Å². The fourth-order valence-corrected chi connectivity index (χ4v) is 5.59. The van der Waals surface area contributed by atoms with Gasteiger partial charge in [0, 0.05) is 24.0 Å². The van der Waals surface area contributed by atoms with E-state index in [1.165, 1.54) is 6.07 Å². The van der Waals surface area contributed by atoms with E-state index in [1.54, 1.807) is 12.1 Å². The number of phenolic OH excluding ortho intramolecular Hbond substituents is 1. The van der Waals surface area contributed by atoms with E-state index >= 15 is 0 Å². The minimum atomic E-state index is -0.493. The van der Waals surface area contributed by atoms with E-state index in [0.29, 0.717) is 11.1 Å². The Hall–Kier alpha value is -2.30. The van der Waals surface area contributed by atoms with Crippen LogP contribution in [0.15, 0.2) is 27.4 Å². The van der Waals surface area contributed by atoms with Gasteiger partial charge in [-0.2, -0.15) is 0 Å². The largest absolute Gasteiger partial charge is 0.508 e. The summed E-state index contributed by atoms with van der Waals surface area (Å²) in [5, 5.41) is 10.4. The predicted molar refractivity (Wildman–Crippen MR) is 104 cm³/mol. The first-order valence-corrected chi connectivity index (χ1v) is 9.62. The van der Waals surface area contributed by atoms with Gasteiger partial charge in [-0.25, -0.2) is 4.79 Å². The molecular formula is C22H27NO4. The average Bonchev–Trinajstić information content (AvgIpc) is 2.80. The summed E-state index contributed by atoms with van der Waals surface area (Å²) in [6.45, 7) is 9.44.